The zero-order chi connectivity index (χ0) is 17.9. The largest absolute Gasteiger partial charge is 0.436 e. The van der Waals surface area contributed by atoms with E-state index < -0.39 is 0 Å². The molecule has 1 aliphatic heterocycles. The highest BCUT2D eigenvalue weighted by Gasteiger charge is 2.19. The van der Waals surface area contributed by atoms with Crippen LogP contribution in [-0.2, 0) is 0 Å². The van der Waals surface area contributed by atoms with Crippen molar-refractivity contribution >= 4 is 16.9 Å². The number of hydrogen-bond acceptors (Lipinski definition) is 4. The van der Waals surface area contributed by atoms with Crippen LogP contribution in [0, 0.1) is 13.8 Å². The Balaban J connectivity index is 1.80. The Bertz CT molecular complexity index is 914. The molecule has 4 nitrogen and oxygen atoms in total. The van der Waals surface area contributed by atoms with Gasteiger partial charge in [-0.25, -0.2) is 9.97 Å². The van der Waals surface area contributed by atoms with Crippen LogP contribution in [0.3, 0.4) is 0 Å². The second-order valence-corrected chi connectivity index (χ2v) is 7.11. The third kappa shape index (κ3) is 3.50. The topological polar surface area (TPSA) is 38.3 Å². The van der Waals surface area contributed by atoms with Crippen molar-refractivity contribution in [2.45, 2.75) is 39.5 Å². The lowest BCUT2D eigenvalue weighted by atomic mass is 10.1. The Morgan fingerprint density at radius 2 is 1.54 bits per heavy atom. The summed E-state index contributed by atoms with van der Waals surface area (Å²) in [7, 11) is 0. The van der Waals surface area contributed by atoms with Crippen LogP contribution in [0.4, 0.5) is 5.82 Å². The summed E-state index contributed by atoms with van der Waals surface area (Å²) in [5.74, 6) is 2.33. The van der Waals surface area contributed by atoms with E-state index >= 15 is 0 Å². The van der Waals surface area contributed by atoms with Gasteiger partial charge in [0, 0.05) is 13.1 Å². The van der Waals surface area contributed by atoms with E-state index in [1.54, 1.807) is 0 Å². The molecular formula is C22H25N3O. The van der Waals surface area contributed by atoms with Crippen LogP contribution in [-0.4, -0.2) is 23.1 Å². The number of fused-ring (bicyclic) bond motifs is 1. The zero-order valence-electron chi connectivity index (χ0n) is 15.5. The van der Waals surface area contributed by atoms with Gasteiger partial charge < -0.3 is 9.64 Å². The maximum absolute atomic E-state index is 6.31. The van der Waals surface area contributed by atoms with Crippen molar-refractivity contribution in [3.8, 4) is 11.6 Å². The first-order chi connectivity index (χ1) is 12.7. The maximum atomic E-state index is 6.31. The molecule has 134 valence electrons. The molecule has 26 heavy (non-hydrogen) atoms. The Morgan fingerprint density at radius 3 is 2.27 bits per heavy atom. The fourth-order valence-electron chi connectivity index (χ4n) is 3.45. The first-order valence-corrected chi connectivity index (χ1v) is 9.47. The first kappa shape index (κ1) is 16.8. The van der Waals surface area contributed by atoms with E-state index in [0.29, 0.717) is 5.88 Å². The molecular weight excluding hydrogens is 322 g/mol. The molecule has 4 heteroatoms. The third-order valence-corrected chi connectivity index (χ3v) is 4.98. The van der Waals surface area contributed by atoms with Gasteiger partial charge in [0.05, 0.1) is 11.0 Å². The highest BCUT2D eigenvalue weighted by molar-refractivity contribution is 5.77. The molecule has 0 amide bonds. The number of rotatable bonds is 3. The first-order valence-electron chi connectivity index (χ1n) is 9.47. The minimum Gasteiger partial charge on any atom is -0.436 e. The molecule has 0 atom stereocenters. The zero-order valence-corrected chi connectivity index (χ0v) is 15.5. The van der Waals surface area contributed by atoms with Crippen LogP contribution in [0.5, 0.6) is 11.6 Å². The molecule has 1 aliphatic rings. The van der Waals surface area contributed by atoms with Crippen molar-refractivity contribution in [3.05, 3.63) is 53.6 Å². The Morgan fingerprint density at radius 1 is 0.846 bits per heavy atom. The summed E-state index contributed by atoms with van der Waals surface area (Å²) in [6, 6.07) is 14.3. The van der Waals surface area contributed by atoms with Crippen LogP contribution in [0.25, 0.3) is 11.0 Å². The minimum atomic E-state index is 0.610. The Labute approximate surface area is 154 Å². The summed E-state index contributed by atoms with van der Waals surface area (Å²) >= 11 is 0. The third-order valence-electron chi connectivity index (χ3n) is 4.98. The fraction of sp³-hybridized carbons (Fsp3) is 0.364. The Kier molecular flexibility index (Phi) is 4.74. The number of para-hydroxylation sites is 2. The molecule has 0 saturated carbocycles. The van der Waals surface area contributed by atoms with Crippen LogP contribution in [0.2, 0.25) is 0 Å². The van der Waals surface area contributed by atoms with Crippen LogP contribution >= 0.6 is 0 Å². The molecule has 0 spiro atoms. The summed E-state index contributed by atoms with van der Waals surface area (Å²) in [4.78, 5) is 12.1. The van der Waals surface area contributed by atoms with Gasteiger partial charge in [-0.15, -0.1) is 0 Å². The van der Waals surface area contributed by atoms with Crippen molar-refractivity contribution < 1.29 is 4.74 Å². The second-order valence-electron chi connectivity index (χ2n) is 7.11. The number of nitrogens with zero attached hydrogens (tertiary/aromatic N) is 3. The lowest BCUT2D eigenvalue weighted by molar-refractivity contribution is 0.457. The van der Waals surface area contributed by atoms with Crippen molar-refractivity contribution in [1.29, 1.82) is 0 Å². The smallest absolute Gasteiger partial charge is 0.263 e. The summed E-state index contributed by atoms with van der Waals surface area (Å²) in [5.41, 5.74) is 4.06. The van der Waals surface area contributed by atoms with Crippen molar-refractivity contribution in [2.24, 2.45) is 0 Å². The summed E-state index contributed by atoms with van der Waals surface area (Å²) in [6.07, 6.45) is 4.95. The predicted molar refractivity (Wildman–Crippen MR) is 106 cm³/mol. The second kappa shape index (κ2) is 7.32. The maximum Gasteiger partial charge on any atom is 0.263 e. The minimum absolute atomic E-state index is 0.610. The van der Waals surface area contributed by atoms with Crippen molar-refractivity contribution in [2.75, 3.05) is 18.0 Å². The highest BCUT2D eigenvalue weighted by atomic mass is 16.5. The molecule has 1 aromatic heterocycles. The molecule has 0 aliphatic carbocycles. The number of hydrogen-bond donors (Lipinski definition) is 0. The van der Waals surface area contributed by atoms with Gasteiger partial charge in [0.1, 0.15) is 5.75 Å². The van der Waals surface area contributed by atoms with Gasteiger partial charge >= 0.3 is 0 Å². The molecule has 0 unspecified atom stereocenters. The fourth-order valence-corrected chi connectivity index (χ4v) is 3.45. The van der Waals surface area contributed by atoms with Gasteiger partial charge in [-0.05, 0) is 56.0 Å². The lowest BCUT2D eigenvalue weighted by Crippen LogP contribution is -2.25. The molecule has 3 aromatic rings. The average Bonchev–Trinajstić information content (AvgIpc) is 2.93. The molecule has 0 N–H and O–H groups in total. The molecule has 2 heterocycles. The molecule has 4 rings (SSSR count). The van der Waals surface area contributed by atoms with Gasteiger partial charge in [-0.2, -0.15) is 0 Å². The lowest BCUT2D eigenvalue weighted by Gasteiger charge is -2.24. The SMILES string of the molecule is Cc1ccc(C)c(Oc2nc3ccccc3nc2N2CCCCCC2)c1. The molecule has 1 fully saturated rings. The number of ether oxygens (including phenoxy) is 1. The van der Waals surface area contributed by atoms with Crippen LogP contribution < -0.4 is 9.64 Å². The quantitative estimate of drug-likeness (QED) is 0.634. The van der Waals surface area contributed by atoms with E-state index in [2.05, 4.69) is 36.9 Å². The molecule has 0 bridgehead atoms. The van der Waals surface area contributed by atoms with E-state index in [1.165, 1.54) is 31.2 Å². The predicted octanol–water partition coefficient (Wildman–Crippen LogP) is 5.42. The van der Waals surface area contributed by atoms with E-state index in [-0.39, 0.29) is 0 Å². The van der Waals surface area contributed by atoms with Crippen LogP contribution in [0.1, 0.15) is 36.8 Å². The number of aryl methyl sites for hydroxylation is 2. The van der Waals surface area contributed by atoms with E-state index in [1.807, 2.05) is 24.3 Å². The van der Waals surface area contributed by atoms with E-state index in [4.69, 9.17) is 14.7 Å². The van der Waals surface area contributed by atoms with E-state index in [0.717, 1.165) is 41.3 Å². The number of aromatic nitrogens is 2. The summed E-state index contributed by atoms with van der Waals surface area (Å²) in [5, 5.41) is 0. The highest BCUT2D eigenvalue weighted by Crippen LogP contribution is 2.33. The normalized spacial score (nSPS) is 15.1. The van der Waals surface area contributed by atoms with Gasteiger partial charge in [-0.3, -0.25) is 0 Å². The average molecular weight is 347 g/mol. The number of benzene rings is 2. The monoisotopic (exact) mass is 347 g/mol. The molecule has 0 radical (unpaired) electrons. The van der Waals surface area contributed by atoms with Crippen molar-refractivity contribution in [1.82, 2.24) is 9.97 Å². The van der Waals surface area contributed by atoms with Gasteiger partial charge in [0.2, 0.25) is 0 Å². The van der Waals surface area contributed by atoms with Gasteiger partial charge in [-0.1, -0.05) is 37.1 Å². The van der Waals surface area contributed by atoms with Crippen molar-refractivity contribution in [3.63, 3.8) is 0 Å². The number of anilines is 1. The van der Waals surface area contributed by atoms with Crippen LogP contribution in [0.15, 0.2) is 42.5 Å². The van der Waals surface area contributed by atoms with Gasteiger partial charge in [0.15, 0.2) is 5.82 Å². The summed E-state index contributed by atoms with van der Waals surface area (Å²) in [6.45, 7) is 6.16. The standard InChI is InChI=1S/C22H25N3O/c1-16-11-12-17(2)20(15-16)26-22-21(25-13-7-3-4-8-14-25)23-18-9-5-6-10-19(18)24-22/h5-6,9-12,15H,3-4,7-8,13-14H2,1-2H3. The van der Waals surface area contributed by atoms with E-state index in [9.17, 15) is 0 Å². The molecule has 1 saturated heterocycles. The summed E-state index contributed by atoms with van der Waals surface area (Å²) < 4.78 is 6.31. The van der Waals surface area contributed by atoms with Gasteiger partial charge in [0.25, 0.3) is 5.88 Å². The molecule has 2 aromatic carbocycles. The Hall–Kier alpha value is -2.62.